The Kier molecular flexibility index (Phi) is 2.52. The van der Waals surface area contributed by atoms with E-state index < -0.39 is 0 Å². The number of anilines is 1. The second-order valence-corrected chi connectivity index (χ2v) is 4.71. The molecule has 0 amide bonds. The summed E-state index contributed by atoms with van der Waals surface area (Å²) < 4.78 is 13.1. The molecule has 1 aromatic rings. The molecule has 1 aromatic heterocycles. The smallest absolute Gasteiger partial charge is 0.143 e. The van der Waals surface area contributed by atoms with Gasteiger partial charge in [0.25, 0.3) is 0 Å². The molecule has 86 valence electrons. The zero-order chi connectivity index (χ0) is 11.0. The molecule has 0 saturated carbocycles. The first-order chi connectivity index (χ1) is 7.83. The van der Waals surface area contributed by atoms with Gasteiger partial charge in [-0.1, -0.05) is 0 Å². The quantitative estimate of drug-likeness (QED) is 0.777. The number of rotatable bonds is 1. The number of piperidine rings is 1. The maximum Gasteiger partial charge on any atom is 0.143 e. The Morgan fingerprint density at radius 3 is 3.19 bits per heavy atom. The minimum atomic E-state index is -0.251. The highest BCUT2D eigenvalue weighted by atomic mass is 19.1. The van der Waals surface area contributed by atoms with Crippen LogP contribution < -0.4 is 10.2 Å². The summed E-state index contributed by atoms with van der Waals surface area (Å²) in [5, 5.41) is 3.52. The topological polar surface area (TPSA) is 28.2 Å². The van der Waals surface area contributed by atoms with Crippen LogP contribution in [0.2, 0.25) is 0 Å². The van der Waals surface area contributed by atoms with Crippen molar-refractivity contribution < 1.29 is 4.39 Å². The van der Waals surface area contributed by atoms with Gasteiger partial charge in [-0.25, -0.2) is 4.39 Å². The number of pyridine rings is 1. The van der Waals surface area contributed by atoms with Gasteiger partial charge in [-0.15, -0.1) is 0 Å². The highest BCUT2D eigenvalue weighted by molar-refractivity contribution is 5.45. The summed E-state index contributed by atoms with van der Waals surface area (Å²) in [6, 6.07) is 2.15. The molecule has 0 spiro atoms. The predicted molar refractivity (Wildman–Crippen MR) is 60.9 cm³/mol. The standard InChI is InChI=1S/C12H16FN3/c13-10-5-11(7-14-6-10)16-4-2-9-1-3-15-12(9)8-16/h5-7,9,12,15H,1-4,8H2/t9-,12+/m1/s1. The molecule has 3 heterocycles. The molecule has 0 aliphatic carbocycles. The first kappa shape index (κ1) is 10.0. The number of fused-ring (bicyclic) bond motifs is 1. The van der Waals surface area contributed by atoms with Gasteiger partial charge in [-0.2, -0.15) is 0 Å². The van der Waals surface area contributed by atoms with Crippen LogP contribution in [0.3, 0.4) is 0 Å². The monoisotopic (exact) mass is 221 g/mol. The largest absolute Gasteiger partial charge is 0.369 e. The van der Waals surface area contributed by atoms with Gasteiger partial charge < -0.3 is 10.2 Å². The minimum absolute atomic E-state index is 0.251. The van der Waals surface area contributed by atoms with Crippen molar-refractivity contribution in [1.82, 2.24) is 10.3 Å². The highest BCUT2D eigenvalue weighted by Crippen LogP contribution is 2.28. The summed E-state index contributed by atoms with van der Waals surface area (Å²) in [7, 11) is 0. The van der Waals surface area contributed by atoms with Crippen LogP contribution in [-0.2, 0) is 0 Å². The lowest BCUT2D eigenvalue weighted by Gasteiger charge is -2.36. The summed E-state index contributed by atoms with van der Waals surface area (Å²) in [4.78, 5) is 6.14. The summed E-state index contributed by atoms with van der Waals surface area (Å²) in [6.45, 7) is 3.13. The van der Waals surface area contributed by atoms with Gasteiger partial charge in [0, 0.05) is 25.2 Å². The normalized spacial score (nSPS) is 29.2. The van der Waals surface area contributed by atoms with Crippen LogP contribution in [0.5, 0.6) is 0 Å². The first-order valence-electron chi connectivity index (χ1n) is 5.92. The molecule has 0 radical (unpaired) electrons. The van der Waals surface area contributed by atoms with E-state index in [1.165, 1.54) is 19.0 Å². The Balaban J connectivity index is 1.76. The van der Waals surface area contributed by atoms with Crippen LogP contribution in [-0.4, -0.2) is 30.7 Å². The van der Waals surface area contributed by atoms with Crippen LogP contribution in [0.25, 0.3) is 0 Å². The van der Waals surface area contributed by atoms with E-state index in [4.69, 9.17) is 0 Å². The van der Waals surface area contributed by atoms with Crippen LogP contribution in [0.4, 0.5) is 10.1 Å². The average molecular weight is 221 g/mol. The Labute approximate surface area is 94.7 Å². The third-order valence-corrected chi connectivity index (χ3v) is 3.73. The van der Waals surface area contributed by atoms with E-state index in [0.29, 0.717) is 6.04 Å². The van der Waals surface area contributed by atoms with Crippen molar-refractivity contribution in [2.75, 3.05) is 24.5 Å². The predicted octanol–water partition coefficient (Wildman–Crippen LogP) is 1.41. The molecule has 4 heteroatoms. The van der Waals surface area contributed by atoms with Crippen molar-refractivity contribution >= 4 is 5.69 Å². The number of halogens is 1. The van der Waals surface area contributed by atoms with Crippen molar-refractivity contribution in [3.05, 3.63) is 24.3 Å². The Morgan fingerprint density at radius 1 is 1.38 bits per heavy atom. The fourth-order valence-electron chi connectivity index (χ4n) is 2.84. The summed E-state index contributed by atoms with van der Waals surface area (Å²) in [6.07, 6.45) is 5.50. The van der Waals surface area contributed by atoms with Crippen molar-refractivity contribution in [3.8, 4) is 0 Å². The van der Waals surface area contributed by atoms with Gasteiger partial charge >= 0.3 is 0 Å². The number of hydrogen-bond acceptors (Lipinski definition) is 3. The molecule has 2 aliphatic rings. The average Bonchev–Trinajstić information content (AvgIpc) is 2.75. The van der Waals surface area contributed by atoms with Crippen LogP contribution >= 0.6 is 0 Å². The van der Waals surface area contributed by atoms with E-state index in [0.717, 1.165) is 31.2 Å². The van der Waals surface area contributed by atoms with Crippen molar-refractivity contribution in [2.24, 2.45) is 5.92 Å². The van der Waals surface area contributed by atoms with Crippen molar-refractivity contribution in [2.45, 2.75) is 18.9 Å². The zero-order valence-corrected chi connectivity index (χ0v) is 9.19. The SMILES string of the molecule is Fc1cncc(N2CC[C@H]3CCN[C@H]3C2)c1. The Morgan fingerprint density at radius 2 is 2.31 bits per heavy atom. The molecule has 16 heavy (non-hydrogen) atoms. The van der Waals surface area contributed by atoms with Gasteiger partial charge in [0.15, 0.2) is 0 Å². The molecule has 2 saturated heterocycles. The molecular weight excluding hydrogens is 205 g/mol. The van der Waals surface area contributed by atoms with Crippen molar-refractivity contribution in [3.63, 3.8) is 0 Å². The lowest BCUT2D eigenvalue weighted by atomic mass is 9.92. The van der Waals surface area contributed by atoms with Gasteiger partial charge in [-0.3, -0.25) is 4.98 Å². The van der Waals surface area contributed by atoms with Gasteiger partial charge in [0.05, 0.1) is 18.1 Å². The Hall–Kier alpha value is -1.16. The van der Waals surface area contributed by atoms with E-state index in [-0.39, 0.29) is 5.82 Å². The molecule has 2 atom stereocenters. The van der Waals surface area contributed by atoms with Gasteiger partial charge in [0.1, 0.15) is 5.82 Å². The second kappa shape index (κ2) is 4.01. The van der Waals surface area contributed by atoms with Gasteiger partial charge in [-0.05, 0) is 25.3 Å². The van der Waals surface area contributed by atoms with Crippen molar-refractivity contribution in [1.29, 1.82) is 0 Å². The molecule has 2 fully saturated rings. The number of aromatic nitrogens is 1. The molecule has 1 N–H and O–H groups in total. The molecule has 3 nitrogen and oxygen atoms in total. The molecule has 2 aliphatic heterocycles. The number of nitrogens with one attached hydrogen (secondary N) is 1. The summed E-state index contributed by atoms with van der Waals surface area (Å²) in [5.74, 6) is 0.566. The summed E-state index contributed by atoms with van der Waals surface area (Å²) in [5.41, 5.74) is 0.909. The van der Waals surface area contributed by atoms with Gasteiger partial charge in [0.2, 0.25) is 0 Å². The zero-order valence-electron chi connectivity index (χ0n) is 9.19. The maximum atomic E-state index is 13.1. The van der Waals surface area contributed by atoms with E-state index in [2.05, 4.69) is 15.2 Å². The first-order valence-corrected chi connectivity index (χ1v) is 5.92. The van der Waals surface area contributed by atoms with E-state index in [1.807, 2.05) is 0 Å². The molecule has 0 aromatic carbocycles. The molecule has 0 unspecified atom stereocenters. The number of hydrogen-bond donors (Lipinski definition) is 1. The lowest BCUT2D eigenvalue weighted by Crippen LogP contribution is -2.46. The molecule has 3 rings (SSSR count). The lowest BCUT2D eigenvalue weighted by molar-refractivity contribution is 0.373. The Bertz CT molecular complexity index is 382. The second-order valence-electron chi connectivity index (χ2n) is 4.71. The van der Waals surface area contributed by atoms with E-state index >= 15 is 0 Å². The maximum absolute atomic E-state index is 13.1. The fourth-order valence-corrected chi connectivity index (χ4v) is 2.84. The van der Waals surface area contributed by atoms with E-state index in [1.54, 1.807) is 12.3 Å². The molecular formula is C12H16FN3. The van der Waals surface area contributed by atoms with Crippen LogP contribution in [0, 0.1) is 11.7 Å². The van der Waals surface area contributed by atoms with Crippen LogP contribution in [0.15, 0.2) is 18.5 Å². The highest BCUT2D eigenvalue weighted by Gasteiger charge is 2.32. The summed E-state index contributed by atoms with van der Waals surface area (Å²) >= 11 is 0. The van der Waals surface area contributed by atoms with E-state index in [9.17, 15) is 4.39 Å². The number of nitrogens with zero attached hydrogens (tertiary/aromatic N) is 2. The fraction of sp³-hybridized carbons (Fsp3) is 0.583. The minimum Gasteiger partial charge on any atom is -0.369 e. The third kappa shape index (κ3) is 1.78. The van der Waals surface area contributed by atoms with Crippen LogP contribution in [0.1, 0.15) is 12.8 Å². The molecule has 0 bridgehead atoms. The third-order valence-electron chi connectivity index (χ3n) is 3.73.